The van der Waals surface area contributed by atoms with E-state index in [-0.39, 0.29) is 5.75 Å². The van der Waals surface area contributed by atoms with E-state index in [9.17, 15) is 5.11 Å². The number of fused-ring (bicyclic) bond motifs is 1. The van der Waals surface area contributed by atoms with Gasteiger partial charge in [0.05, 0.1) is 5.69 Å². The quantitative estimate of drug-likeness (QED) is 0.627. The van der Waals surface area contributed by atoms with Gasteiger partial charge in [-0.1, -0.05) is 0 Å². The highest BCUT2D eigenvalue weighted by molar-refractivity contribution is 5.71. The van der Waals surface area contributed by atoms with Gasteiger partial charge in [-0.15, -0.1) is 0 Å². The molecule has 0 fully saturated rings. The first-order valence-corrected chi connectivity index (χ1v) is 3.55. The van der Waals surface area contributed by atoms with Crippen molar-refractivity contribution in [1.82, 2.24) is 15.0 Å². The highest BCUT2D eigenvalue weighted by Crippen LogP contribution is 2.17. The van der Waals surface area contributed by atoms with Crippen LogP contribution in [0.3, 0.4) is 0 Å². The number of nitrogens with zero attached hydrogens (tertiary/aromatic N) is 3. The molecule has 0 saturated carbocycles. The summed E-state index contributed by atoms with van der Waals surface area (Å²) in [5.74, 6) is 0.156. The molecule has 60 valence electrons. The zero-order chi connectivity index (χ0) is 8.55. The first kappa shape index (κ1) is 6.97. The van der Waals surface area contributed by atoms with E-state index < -0.39 is 0 Å². The minimum absolute atomic E-state index is 0.156. The minimum Gasteiger partial charge on any atom is -0.506 e. The molecule has 2 heterocycles. The van der Waals surface area contributed by atoms with Gasteiger partial charge in [-0.2, -0.15) is 0 Å². The number of pyridine rings is 1. The molecule has 0 saturated heterocycles. The lowest BCUT2D eigenvalue weighted by Crippen LogP contribution is -1.88. The summed E-state index contributed by atoms with van der Waals surface area (Å²) in [6.07, 6.45) is 3.14. The van der Waals surface area contributed by atoms with Gasteiger partial charge in [0.1, 0.15) is 11.3 Å². The zero-order valence-corrected chi connectivity index (χ0v) is 6.52. The Balaban J connectivity index is 2.84. The summed E-state index contributed by atoms with van der Waals surface area (Å²) in [5, 5.41) is 9.29. The molecule has 0 aliphatic heterocycles. The largest absolute Gasteiger partial charge is 0.506 e. The average Bonchev–Trinajstić information content (AvgIpc) is 2.07. The number of aryl methyl sites for hydroxylation is 1. The Bertz CT molecular complexity index is 387. The van der Waals surface area contributed by atoms with Gasteiger partial charge in [-0.3, -0.25) is 4.98 Å². The lowest BCUT2D eigenvalue weighted by molar-refractivity contribution is 0.468. The smallest absolute Gasteiger partial charge is 0.178 e. The Kier molecular flexibility index (Phi) is 1.40. The lowest BCUT2D eigenvalue weighted by atomic mass is 10.3. The van der Waals surface area contributed by atoms with Crippen molar-refractivity contribution >= 4 is 11.2 Å². The van der Waals surface area contributed by atoms with E-state index in [1.807, 2.05) is 0 Å². The van der Waals surface area contributed by atoms with Crippen LogP contribution in [0.1, 0.15) is 5.69 Å². The van der Waals surface area contributed by atoms with Crippen LogP contribution in [0.15, 0.2) is 18.5 Å². The van der Waals surface area contributed by atoms with Crippen LogP contribution in [0.2, 0.25) is 0 Å². The summed E-state index contributed by atoms with van der Waals surface area (Å²) in [5.41, 5.74) is 1.75. The minimum atomic E-state index is 0.156. The van der Waals surface area contributed by atoms with E-state index in [0.29, 0.717) is 16.9 Å². The number of aromatic nitrogens is 3. The van der Waals surface area contributed by atoms with Gasteiger partial charge in [0, 0.05) is 18.5 Å². The van der Waals surface area contributed by atoms with Gasteiger partial charge in [-0.05, 0) is 6.92 Å². The van der Waals surface area contributed by atoms with Crippen molar-refractivity contribution in [2.75, 3.05) is 0 Å². The molecule has 0 aromatic carbocycles. The van der Waals surface area contributed by atoms with Gasteiger partial charge in [0.25, 0.3) is 0 Å². The summed E-state index contributed by atoms with van der Waals surface area (Å²) in [4.78, 5) is 12.0. The van der Waals surface area contributed by atoms with Crippen molar-refractivity contribution in [1.29, 1.82) is 0 Å². The molecule has 12 heavy (non-hydrogen) atoms. The fourth-order valence-corrected chi connectivity index (χ4v) is 0.979. The number of hydrogen-bond acceptors (Lipinski definition) is 4. The SMILES string of the molecule is Cc1nc2nccnc2cc1O. The number of rotatable bonds is 0. The van der Waals surface area contributed by atoms with Crippen LogP contribution >= 0.6 is 0 Å². The normalized spacial score (nSPS) is 10.4. The van der Waals surface area contributed by atoms with Crippen LogP contribution in [0.5, 0.6) is 5.75 Å². The van der Waals surface area contributed by atoms with Crippen LogP contribution in [0.25, 0.3) is 11.2 Å². The second-order valence-corrected chi connectivity index (χ2v) is 2.49. The summed E-state index contributed by atoms with van der Waals surface area (Å²) in [6, 6.07) is 1.56. The molecule has 0 spiro atoms. The maximum absolute atomic E-state index is 9.29. The van der Waals surface area contributed by atoms with Gasteiger partial charge in [0.2, 0.25) is 0 Å². The van der Waals surface area contributed by atoms with Crippen LogP contribution < -0.4 is 0 Å². The van der Waals surface area contributed by atoms with Gasteiger partial charge in [-0.25, -0.2) is 9.97 Å². The molecule has 2 aromatic heterocycles. The molecule has 0 aliphatic carbocycles. The summed E-state index contributed by atoms with van der Waals surface area (Å²) in [7, 11) is 0. The van der Waals surface area contributed by atoms with Crippen molar-refractivity contribution in [3.8, 4) is 5.75 Å². The fraction of sp³-hybridized carbons (Fsp3) is 0.125. The van der Waals surface area contributed by atoms with E-state index in [4.69, 9.17) is 0 Å². The molecule has 0 bridgehead atoms. The van der Waals surface area contributed by atoms with Crippen LogP contribution in [-0.4, -0.2) is 20.1 Å². The second-order valence-electron chi connectivity index (χ2n) is 2.49. The Morgan fingerprint density at radius 3 is 2.83 bits per heavy atom. The Morgan fingerprint density at radius 1 is 1.25 bits per heavy atom. The predicted octanol–water partition coefficient (Wildman–Crippen LogP) is 1.04. The molecular weight excluding hydrogens is 154 g/mol. The third-order valence-electron chi connectivity index (χ3n) is 1.62. The highest BCUT2D eigenvalue weighted by atomic mass is 16.3. The van der Waals surface area contributed by atoms with Crippen molar-refractivity contribution in [2.45, 2.75) is 6.92 Å². The standard InChI is InChI=1S/C8H7N3O/c1-5-7(12)4-6-8(11-5)10-3-2-9-6/h2-4,12H,1H3. The monoisotopic (exact) mass is 161 g/mol. The maximum Gasteiger partial charge on any atom is 0.178 e. The molecule has 2 rings (SSSR count). The average molecular weight is 161 g/mol. The van der Waals surface area contributed by atoms with E-state index in [1.54, 1.807) is 25.4 Å². The second kappa shape index (κ2) is 2.41. The molecule has 0 unspecified atom stereocenters. The molecule has 0 amide bonds. The Labute approximate surface area is 68.9 Å². The molecule has 0 radical (unpaired) electrons. The zero-order valence-electron chi connectivity index (χ0n) is 6.52. The van der Waals surface area contributed by atoms with Gasteiger partial charge >= 0.3 is 0 Å². The fourth-order valence-electron chi connectivity index (χ4n) is 0.979. The number of aromatic hydroxyl groups is 1. The van der Waals surface area contributed by atoms with E-state index >= 15 is 0 Å². The van der Waals surface area contributed by atoms with Gasteiger partial charge < -0.3 is 5.11 Å². The van der Waals surface area contributed by atoms with E-state index in [0.717, 1.165) is 0 Å². The third kappa shape index (κ3) is 0.972. The summed E-state index contributed by atoms with van der Waals surface area (Å²) >= 11 is 0. The molecule has 4 heteroatoms. The first-order chi connectivity index (χ1) is 5.77. The molecule has 1 N–H and O–H groups in total. The summed E-state index contributed by atoms with van der Waals surface area (Å²) in [6.45, 7) is 1.73. The van der Waals surface area contributed by atoms with E-state index in [2.05, 4.69) is 15.0 Å². The topological polar surface area (TPSA) is 58.9 Å². The Hall–Kier alpha value is -1.71. The van der Waals surface area contributed by atoms with Crippen LogP contribution in [0, 0.1) is 6.92 Å². The predicted molar refractivity (Wildman–Crippen MR) is 43.7 cm³/mol. The first-order valence-electron chi connectivity index (χ1n) is 3.55. The van der Waals surface area contributed by atoms with Crippen molar-refractivity contribution < 1.29 is 5.11 Å². The number of hydrogen-bond donors (Lipinski definition) is 1. The van der Waals surface area contributed by atoms with Crippen molar-refractivity contribution in [3.05, 3.63) is 24.2 Å². The van der Waals surface area contributed by atoms with Crippen LogP contribution in [-0.2, 0) is 0 Å². The van der Waals surface area contributed by atoms with Crippen LogP contribution in [0.4, 0.5) is 0 Å². The maximum atomic E-state index is 9.29. The Morgan fingerprint density at radius 2 is 2.00 bits per heavy atom. The van der Waals surface area contributed by atoms with Gasteiger partial charge in [0.15, 0.2) is 5.65 Å². The molecule has 4 nitrogen and oxygen atoms in total. The van der Waals surface area contributed by atoms with E-state index in [1.165, 1.54) is 0 Å². The molecular formula is C8H7N3O. The van der Waals surface area contributed by atoms with Crippen molar-refractivity contribution in [3.63, 3.8) is 0 Å². The summed E-state index contributed by atoms with van der Waals surface area (Å²) < 4.78 is 0. The lowest BCUT2D eigenvalue weighted by Gasteiger charge is -1.98. The third-order valence-corrected chi connectivity index (χ3v) is 1.62. The molecule has 0 aliphatic rings. The molecule has 2 aromatic rings. The molecule has 0 atom stereocenters. The highest BCUT2D eigenvalue weighted by Gasteiger charge is 2.01. The van der Waals surface area contributed by atoms with Crippen molar-refractivity contribution in [2.24, 2.45) is 0 Å².